The molecular weight excluding hydrogens is 1640 g/mol. The van der Waals surface area contributed by atoms with E-state index >= 15 is 8.78 Å². The molecule has 32 nitrogen and oxygen atoms in total. The van der Waals surface area contributed by atoms with Gasteiger partial charge in [0.25, 0.3) is 0 Å². The summed E-state index contributed by atoms with van der Waals surface area (Å²) in [6.45, 7) is 22.5. The van der Waals surface area contributed by atoms with Crippen LogP contribution in [0.1, 0.15) is 227 Å². The first kappa shape index (κ1) is 96.0. The largest absolute Gasteiger partial charge is 0.490 e. The van der Waals surface area contributed by atoms with Gasteiger partial charge in [0.1, 0.15) is 5.69 Å². The normalized spacial score (nSPS) is 24.8. The number of nitrogens with one attached hydrogen (secondary N) is 6. The van der Waals surface area contributed by atoms with Crippen LogP contribution in [0.3, 0.4) is 0 Å². The average molecular weight is 1770 g/mol. The Morgan fingerprint density at radius 2 is 0.843 bits per heavy atom. The van der Waals surface area contributed by atoms with Crippen LogP contribution in [0.15, 0.2) is 35.8 Å². The zero-order valence-corrected chi connectivity index (χ0v) is 73.2. The molecule has 6 N–H and O–H groups in total. The number of aromatic amines is 3. The average Bonchev–Trinajstić information content (AvgIpc) is 1.54. The highest BCUT2D eigenvalue weighted by Gasteiger charge is 2.53. The van der Waals surface area contributed by atoms with Crippen molar-refractivity contribution in [3.63, 3.8) is 0 Å². The molecule has 0 amide bonds. The van der Waals surface area contributed by atoms with Gasteiger partial charge in [-0.25, -0.2) is 44.0 Å². The van der Waals surface area contributed by atoms with E-state index < -0.39 is 47.5 Å². The maximum Gasteiger partial charge on any atom is 0.490 e. The van der Waals surface area contributed by atoms with Crippen molar-refractivity contribution in [2.75, 3.05) is 109 Å². The number of fused-ring (bicyclic) bond motifs is 6. The number of piperidine rings is 6. The van der Waals surface area contributed by atoms with Crippen molar-refractivity contribution in [2.45, 2.75) is 285 Å². The quantitative estimate of drug-likeness (QED) is 0.0288. The van der Waals surface area contributed by atoms with Gasteiger partial charge in [-0.2, -0.15) is 52.5 Å². The summed E-state index contributed by atoms with van der Waals surface area (Å²) in [6, 6.07) is 5.28. The molecule has 0 saturated carbocycles. The van der Waals surface area contributed by atoms with E-state index in [9.17, 15) is 29.6 Å². The maximum absolute atomic E-state index is 15.7. The lowest BCUT2D eigenvalue weighted by atomic mass is 9.75. The Bertz CT molecular complexity index is 4870. The third-order valence-corrected chi connectivity index (χ3v) is 31.2. The van der Waals surface area contributed by atoms with Gasteiger partial charge < -0.3 is 54.2 Å². The predicted molar refractivity (Wildman–Crippen MR) is 469 cm³/mol. The molecule has 0 radical (unpaired) electrons. The summed E-state index contributed by atoms with van der Waals surface area (Å²) in [5, 5.41) is 29.5. The molecule has 3 unspecified atom stereocenters. The van der Waals surface area contributed by atoms with Crippen LogP contribution < -0.4 is 30.7 Å². The molecule has 16 rings (SSSR count). The number of hydrogen-bond acceptors (Lipinski definition) is 26. The van der Waals surface area contributed by atoms with Gasteiger partial charge in [-0.1, -0.05) is 65.3 Å². The monoisotopic (exact) mass is 1770 g/mol. The molecule has 16 heterocycles. The number of H-pyrrole nitrogens is 3. The van der Waals surface area contributed by atoms with E-state index in [-0.39, 0.29) is 152 Å². The Labute approximate surface area is 718 Å². The van der Waals surface area contributed by atoms with Crippen LogP contribution in [0.2, 0.25) is 5.15 Å². The number of ether oxygens (including phenoxy) is 3. The Morgan fingerprint density at radius 1 is 0.488 bits per heavy atom. The van der Waals surface area contributed by atoms with Crippen LogP contribution >= 0.6 is 11.6 Å². The van der Waals surface area contributed by atoms with Crippen LogP contribution in [0, 0.1) is 38.2 Å². The van der Waals surface area contributed by atoms with Gasteiger partial charge in [-0.3, -0.25) is 15.3 Å². The van der Waals surface area contributed by atoms with Gasteiger partial charge in [0.15, 0.2) is 51.7 Å². The van der Waals surface area contributed by atoms with E-state index in [2.05, 4.69) is 105 Å². The van der Waals surface area contributed by atoms with E-state index in [0.717, 1.165) is 93.5 Å². The Morgan fingerprint density at radius 3 is 1.19 bits per heavy atom. The summed E-state index contributed by atoms with van der Waals surface area (Å²) in [7, 11) is -4.26. The van der Waals surface area contributed by atoms with Gasteiger partial charge in [0.05, 0.1) is 60.6 Å². The van der Waals surface area contributed by atoms with Gasteiger partial charge in [-0.05, 0) is 183 Å². The zero-order chi connectivity index (χ0) is 84.3. The fraction of sp³-hybridized carbons (Fsp3) is 0.691. The molecule has 9 atom stereocenters. The van der Waals surface area contributed by atoms with Crippen LogP contribution in [0.4, 0.5) is 65.9 Å². The van der Waals surface area contributed by atoms with E-state index in [4.69, 9.17) is 40.1 Å². The highest BCUT2D eigenvalue weighted by Crippen LogP contribution is 2.45. The number of aryl methyl sites for hydroxylation is 3. The topological polar surface area (TPSA) is 367 Å². The second-order valence-electron chi connectivity index (χ2n) is 33.5. The molecule has 10 aliphatic rings. The fourth-order valence-electron chi connectivity index (χ4n) is 18.0. The standard InChI is InChI=1S/C24H36FN7O3S.C24H34FN7O3S.C19H27ClFN7O2S.C11H19BO3.3CH4/c2*1-4-36(33,34)32-17-6-5-7-18(32)14-19(13-17)31(3)24-27-22(16-8-10-35-11-9-16)21(25)23(28-24)26-20-12-15(2)29-30-20;1-4-31(29,30)28-12-6-5-7-13(28)10-14(9-12)27(3)19-23-17(20)16(21)18(24-19)22-15-8-11(2)25-26-15;1-10(2)11(3,4)15-12(14-10)9-5-7-13-8-6-9;;;/h12,16-19H,4-11,13-14H2,1-3H3,(H2,26,27,28,29,30);8,12,17-19H,4-7,9-11,13-14H2,1-3H3,(H2,26,27,28,29,30);8,12-14H,4-7,9-10H2,1-3H3,(H2,22,23,24,25,26);5H,6-8H2,1-4H3;3*1H4/t2*17-,18+,19?;12-,13+,14?;;;;. The van der Waals surface area contributed by atoms with E-state index in [1.807, 2.05) is 62.7 Å². The van der Waals surface area contributed by atoms with Crippen LogP contribution in [-0.4, -0.2) is 249 Å². The van der Waals surface area contributed by atoms with Crippen molar-refractivity contribution in [3.8, 4) is 0 Å². The molecule has 6 aromatic heterocycles. The van der Waals surface area contributed by atoms with Gasteiger partial charge in [-0.15, -0.1) is 0 Å². The summed E-state index contributed by atoms with van der Waals surface area (Å²) in [6.07, 6.45) is 19.2. The molecule has 8 fully saturated rings. The summed E-state index contributed by atoms with van der Waals surface area (Å²) in [5.74, 6) is 1.20. The van der Waals surface area contributed by atoms with Crippen LogP contribution in [0.5, 0.6) is 0 Å². The molecule has 6 bridgehead atoms. The second kappa shape index (κ2) is 40.4. The van der Waals surface area contributed by atoms with E-state index in [1.54, 1.807) is 51.9 Å². The number of sulfonamides is 3. The van der Waals surface area contributed by atoms with E-state index in [0.29, 0.717) is 126 Å². The van der Waals surface area contributed by atoms with Crippen molar-refractivity contribution in [3.05, 3.63) is 86.9 Å². The van der Waals surface area contributed by atoms with Gasteiger partial charge in [0, 0.05) is 130 Å². The number of anilines is 9. The molecule has 0 spiro atoms. The summed E-state index contributed by atoms with van der Waals surface area (Å²) in [4.78, 5) is 33.0. The van der Waals surface area contributed by atoms with Gasteiger partial charge >= 0.3 is 7.12 Å². The minimum atomic E-state index is -3.27. The SMILES string of the molecule is C.C.C.CC1(C)OB(C2=CCOCC2)OC1(C)C.CCS(=O)(=O)N1[C@@H]2CCC[C@H]1CC(N(C)c1nc(Cl)c(F)c(Nc3cc(C)[nH]n3)n1)C2.CCS(=O)(=O)N1[C@@H]2CCC[C@H]1CC(N(C)c1nc(Nc3cc(C)[nH]n3)c(F)c(C3=CCOCC3)n1)C2.CCS(=O)(=O)N1[C@@H]2CCC[C@H]1CC(N(C)c1nc(Nc3cc(C)[nH]n3)c(F)c(C3CCOCC3)n1)C2. The lowest BCUT2D eigenvalue weighted by Crippen LogP contribution is -2.58. The Balaban J connectivity index is 0.000000174. The minimum Gasteiger partial charge on any atom is -0.400 e. The number of rotatable bonds is 21. The fourth-order valence-corrected chi connectivity index (χ4v) is 22.9. The third kappa shape index (κ3) is 21.9. The summed E-state index contributed by atoms with van der Waals surface area (Å²) >= 11 is 6.06. The highest BCUT2D eigenvalue weighted by molar-refractivity contribution is 7.89. The first-order valence-electron chi connectivity index (χ1n) is 41.6. The molecule has 0 aliphatic carbocycles. The van der Waals surface area contributed by atoms with Crippen molar-refractivity contribution in [1.29, 1.82) is 0 Å². The molecule has 40 heteroatoms. The van der Waals surface area contributed by atoms with E-state index in [1.165, 1.54) is 5.47 Å². The lowest BCUT2D eigenvalue weighted by molar-refractivity contribution is 0.00578. The summed E-state index contributed by atoms with van der Waals surface area (Å²) in [5.41, 5.74) is 4.71. The Hall–Kier alpha value is -7.18. The van der Waals surface area contributed by atoms with Gasteiger partial charge in [0.2, 0.25) is 53.7 Å². The second-order valence-corrected chi connectivity index (χ2v) is 40.4. The third-order valence-electron chi connectivity index (χ3n) is 25.1. The van der Waals surface area contributed by atoms with Crippen LogP contribution in [-0.2, 0) is 53.6 Å². The number of halogens is 4. The zero-order valence-electron chi connectivity index (χ0n) is 70.0. The first-order chi connectivity index (χ1) is 56.1. The molecule has 672 valence electrons. The van der Waals surface area contributed by atoms with Crippen molar-refractivity contribution >= 4 is 107 Å². The molecule has 8 saturated heterocycles. The molecule has 0 aromatic carbocycles. The predicted octanol–water partition coefficient (Wildman–Crippen LogP) is 13.9. The van der Waals surface area contributed by atoms with Crippen molar-refractivity contribution in [2.24, 2.45) is 0 Å². The first-order valence-corrected chi connectivity index (χ1v) is 46.8. The van der Waals surface area contributed by atoms with Crippen LogP contribution in [0.25, 0.3) is 5.57 Å². The summed E-state index contributed by atoms with van der Waals surface area (Å²) < 4.78 is 156. The molecular formula is C81H128BClF3N21O11S3. The maximum atomic E-state index is 15.7. The number of aromatic nitrogens is 12. The smallest absolute Gasteiger partial charge is 0.400 e. The highest BCUT2D eigenvalue weighted by atomic mass is 35.5. The minimum absolute atomic E-state index is 0. The molecule has 121 heavy (non-hydrogen) atoms. The Kier molecular flexibility index (Phi) is 32.1. The number of nitrogens with zero attached hydrogens (tertiary/aromatic N) is 15. The molecule has 6 aromatic rings. The molecule has 10 aliphatic heterocycles. The van der Waals surface area contributed by atoms with Crippen molar-refractivity contribution < 1.29 is 61.9 Å². The number of hydrogen-bond donors (Lipinski definition) is 6. The van der Waals surface area contributed by atoms with Crippen molar-refractivity contribution in [1.82, 2.24) is 73.4 Å². The lowest BCUT2D eigenvalue weighted by Gasteiger charge is -2.49.